The molecule has 2 atom stereocenters. The number of thiophene rings is 1. The van der Waals surface area contributed by atoms with Crippen molar-refractivity contribution in [3.8, 4) is 0 Å². The minimum absolute atomic E-state index is 0.632. The van der Waals surface area contributed by atoms with Gasteiger partial charge in [-0.15, -0.1) is 11.3 Å². The standard InChI is InChI=1S/C15H27NS/c1-5-10-16-12(4)13(6-2)11-15-9-8-14(7-3)17-15/h8-9,12-13,16H,5-7,10-11H2,1-4H3. The van der Waals surface area contributed by atoms with E-state index in [1.165, 1.54) is 30.6 Å². The lowest BCUT2D eigenvalue weighted by Crippen LogP contribution is -2.34. The van der Waals surface area contributed by atoms with Gasteiger partial charge in [-0.05, 0) is 50.8 Å². The lowest BCUT2D eigenvalue weighted by atomic mass is 9.94. The number of hydrogen-bond acceptors (Lipinski definition) is 2. The maximum absolute atomic E-state index is 3.63. The Balaban J connectivity index is 2.50. The average molecular weight is 253 g/mol. The summed E-state index contributed by atoms with van der Waals surface area (Å²) in [5.41, 5.74) is 0. The van der Waals surface area contributed by atoms with Gasteiger partial charge in [-0.25, -0.2) is 0 Å². The Bertz CT molecular complexity index is 306. The highest BCUT2D eigenvalue weighted by atomic mass is 32.1. The first kappa shape index (κ1) is 14.7. The third-order valence-electron chi connectivity index (χ3n) is 3.48. The predicted octanol–water partition coefficient (Wildman–Crippen LogP) is 4.27. The highest BCUT2D eigenvalue weighted by Crippen LogP contribution is 2.23. The molecule has 0 aliphatic carbocycles. The second kappa shape index (κ2) is 7.88. The Morgan fingerprint density at radius 2 is 1.88 bits per heavy atom. The third-order valence-corrected chi connectivity index (χ3v) is 4.73. The van der Waals surface area contributed by atoms with E-state index in [1.807, 2.05) is 11.3 Å². The van der Waals surface area contributed by atoms with Gasteiger partial charge in [-0.1, -0.05) is 27.2 Å². The zero-order chi connectivity index (χ0) is 12.7. The summed E-state index contributed by atoms with van der Waals surface area (Å²) >= 11 is 1.99. The van der Waals surface area contributed by atoms with Crippen molar-refractivity contribution < 1.29 is 0 Å². The first-order valence-electron chi connectivity index (χ1n) is 7.02. The lowest BCUT2D eigenvalue weighted by molar-refractivity contribution is 0.364. The zero-order valence-electron chi connectivity index (χ0n) is 11.8. The van der Waals surface area contributed by atoms with Crippen LogP contribution in [0, 0.1) is 5.92 Å². The van der Waals surface area contributed by atoms with E-state index < -0.39 is 0 Å². The summed E-state index contributed by atoms with van der Waals surface area (Å²) < 4.78 is 0. The number of hydrogen-bond donors (Lipinski definition) is 1. The number of nitrogens with one attached hydrogen (secondary N) is 1. The van der Waals surface area contributed by atoms with Crippen molar-refractivity contribution in [2.24, 2.45) is 5.92 Å². The van der Waals surface area contributed by atoms with Gasteiger partial charge in [0.1, 0.15) is 0 Å². The fourth-order valence-corrected chi connectivity index (χ4v) is 3.24. The summed E-state index contributed by atoms with van der Waals surface area (Å²) in [5, 5.41) is 3.63. The minimum atomic E-state index is 0.632. The minimum Gasteiger partial charge on any atom is -0.314 e. The predicted molar refractivity (Wildman–Crippen MR) is 78.9 cm³/mol. The molecule has 0 radical (unpaired) electrons. The molecule has 17 heavy (non-hydrogen) atoms. The molecular weight excluding hydrogens is 226 g/mol. The lowest BCUT2D eigenvalue weighted by Gasteiger charge is -2.23. The third kappa shape index (κ3) is 4.81. The molecule has 1 nitrogen and oxygen atoms in total. The quantitative estimate of drug-likeness (QED) is 0.729. The molecule has 2 unspecified atom stereocenters. The second-order valence-electron chi connectivity index (χ2n) is 4.84. The molecule has 0 fully saturated rings. The number of rotatable bonds is 8. The molecule has 0 amide bonds. The first-order valence-corrected chi connectivity index (χ1v) is 7.83. The summed E-state index contributed by atoms with van der Waals surface area (Å²) in [7, 11) is 0. The molecule has 1 heterocycles. The smallest absolute Gasteiger partial charge is 0.00703 e. The normalized spacial score (nSPS) is 14.8. The molecule has 2 heteroatoms. The Morgan fingerprint density at radius 1 is 1.18 bits per heavy atom. The van der Waals surface area contributed by atoms with Crippen LogP contribution in [0.15, 0.2) is 12.1 Å². The van der Waals surface area contributed by atoms with Crippen molar-refractivity contribution in [2.75, 3.05) is 6.54 Å². The van der Waals surface area contributed by atoms with Gasteiger partial charge in [-0.2, -0.15) is 0 Å². The van der Waals surface area contributed by atoms with Gasteiger partial charge in [0, 0.05) is 15.8 Å². The van der Waals surface area contributed by atoms with Crippen molar-refractivity contribution in [1.82, 2.24) is 5.32 Å². The molecule has 1 aromatic heterocycles. The van der Waals surface area contributed by atoms with E-state index in [0.717, 1.165) is 12.5 Å². The maximum atomic E-state index is 3.63. The van der Waals surface area contributed by atoms with Crippen molar-refractivity contribution in [1.29, 1.82) is 0 Å². The van der Waals surface area contributed by atoms with Gasteiger partial charge < -0.3 is 5.32 Å². The molecule has 0 bridgehead atoms. The summed E-state index contributed by atoms with van der Waals surface area (Å²) in [6.45, 7) is 10.2. The van der Waals surface area contributed by atoms with Crippen LogP contribution in [-0.4, -0.2) is 12.6 Å². The van der Waals surface area contributed by atoms with Gasteiger partial charge in [0.05, 0.1) is 0 Å². The highest BCUT2D eigenvalue weighted by molar-refractivity contribution is 7.11. The maximum Gasteiger partial charge on any atom is 0.00703 e. The molecule has 1 rings (SSSR count). The van der Waals surface area contributed by atoms with E-state index in [1.54, 1.807) is 4.88 Å². The molecule has 1 N–H and O–H groups in total. The molecule has 0 saturated carbocycles. The Morgan fingerprint density at radius 3 is 2.41 bits per heavy atom. The van der Waals surface area contributed by atoms with E-state index in [4.69, 9.17) is 0 Å². The van der Waals surface area contributed by atoms with E-state index in [-0.39, 0.29) is 0 Å². The molecular formula is C15H27NS. The van der Waals surface area contributed by atoms with Crippen LogP contribution >= 0.6 is 11.3 Å². The molecule has 0 aliphatic heterocycles. The largest absolute Gasteiger partial charge is 0.314 e. The zero-order valence-corrected chi connectivity index (χ0v) is 12.6. The van der Waals surface area contributed by atoms with Gasteiger partial charge >= 0.3 is 0 Å². The molecule has 98 valence electrons. The Kier molecular flexibility index (Phi) is 6.83. The summed E-state index contributed by atoms with van der Waals surface area (Å²) in [6.07, 6.45) is 4.89. The average Bonchev–Trinajstić information content (AvgIpc) is 2.80. The van der Waals surface area contributed by atoms with E-state index in [0.29, 0.717) is 6.04 Å². The van der Waals surface area contributed by atoms with E-state index in [9.17, 15) is 0 Å². The van der Waals surface area contributed by atoms with Crippen LogP contribution in [0.4, 0.5) is 0 Å². The number of aryl methyl sites for hydroxylation is 1. The van der Waals surface area contributed by atoms with Crippen molar-refractivity contribution in [3.63, 3.8) is 0 Å². The van der Waals surface area contributed by atoms with Crippen molar-refractivity contribution in [2.45, 2.75) is 59.4 Å². The summed E-state index contributed by atoms with van der Waals surface area (Å²) in [4.78, 5) is 3.07. The Labute approximate surface area is 111 Å². The fourth-order valence-electron chi connectivity index (χ4n) is 2.19. The SMILES string of the molecule is CCCNC(C)C(CC)Cc1ccc(CC)s1. The Hall–Kier alpha value is -0.340. The fraction of sp³-hybridized carbons (Fsp3) is 0.733. The highest BCUT2D eigenvalue weighted by Gasteiger charge is 2.16. The molecule has 0 aromatic carbocycles. The van der Waals surface area contributed by atoms with Crippen LogP contribution in [0.1, 0.15) is 50.3 Å². The molecule has 0 saturated heterocycles. The second-order valence-corrected chi connectivity index (χ2v) is 6.09. The van der Waals surface area contributed by atoms with Crippen LogP contribution in [-0.2, 0) is 12.8 Å². The van der Waals surface area contributed by atoms with Gasteiger partial charge in [-0.3, -0.25) is 0 Å². The van der Waals surface area contributed by atoms with Crippen LogP contribution in [0.2, 0.25) is 0 Å². The van der Waals surface area contributed by atoms with Gasteiger partial charge in [0.15, 0.2) is 0 Å². The van der Waals surface area contributed by atoms with Crippen molar-refractivity contribution in [3.05, 3.63) is 21.9 Å². The monoisotopic (exact) mass is 253 g/mol. The van der Waals surface area contributed by atoms with Gasteiger partial charge in [0.2, 0.25) is 0 Å². The van der Waals surface area contributed by atoms with Gasteiger partial charge in [0.25, 0.3) is 0 Å². The molecule has 1 aromatic rings. The van der Waals surface area contributed by atoms with E-state index >= 15 is 0 Å². The topological polar surface area (TPSA) is 12.0 Å². The molecule has 0 aliphatic rings. The van der Waals surface area contributed by atoms with Crippen LogP contribution in [0.3, 0.4) is 0 Å². The van der Waals surface area contributed by atoms with Crippen LogP contribution < -0.4 is 5.32 Å². The van der Waals surface area contributed by atoms with Crippen molar-refractivity contribution >= 4 is 11.3 Å². The van der Waals surface area contributed by atoms with E-state index in [2.05, 4.69) is 45.1 Å². The molecule has 0 spiro atoms. The van der Waals surface area contributed by atoms with Crippen LogP contribution in [0.5, 0.6) is 0 Å². The van der Waals surface area contributed by atoms with Crippen LogP contribution in [0.25, 0.3) is 0 Å². The first-order chi connectivity index (χ1) is 8.21. The summed E-state index contributed by atoms with van der Waals surface area (Å²) in [5.74, 6) is 0.768. The summed E-state index contributed by atoms with van der Waals surface area (Å²) in [6, 6.07) is 5.24.